The van der Waals surface area contributed by atoms with Crippen LogP contribution in [0.15, 0.2) is 30.5 Å². The third kappa shape index (κ3) is 4.18. The Bertz CT molecular complexity index is 1200. The number of carbonyl (C=O) groups is 2. The first-order valence-electron chi connectivity index (χ1n) is 11.9. The minimum Gasteiger partial charge on any atom is -0.494 e. The molecule has 0 radical (unpaired) electrons. The molecule has 1 fully saturated rings. The summed E-state index contributed by atoms with van der Waals surface area (Å²) < 4.78 is 5.76. The van der Waals surface area contributed by atoms with Crippen LogP contribution in [0.1, 0.15) is 31.7 Å². The van der Waals surface area contributed by atoms with Gasteiger partial charge >= 0.3 is 5.97 Å². The number of nitrogens with one attached hydrogen (secondary N) is 2. The van der Waals surface area contributed by atoms with Crippen LogP contribution >= 0.6 is 11.6 Å². The first kappa shape index (κ1) is 23.4. The third-order valence-electron chi connectivity index (χ3n) is 7.20. The fraction of sp³-hybridized carbons (Fsp3) is 0.440. The molecule has 1 aromatic heterocycles. The molecule has 10 heteroatoms. The number of amides is 1. The van der Waals surface area contributed by atoms with E-state index in [1.165, 1.54) is 6.20 Å². The Kier molecular flexibility index (Phi) is 6.27. The van der Waals surface area contributed by atoms with E-state index in [1.807, 2.05) is 25.1 Å². The highest BCUT2D eigenvalue weighted by molar-refractivity contribution is 6.32. The summed E-state index contributed by atoms with van der Waals surface area (Å²) in [4.78, 5) is 35.0. The lowest BCUT2D eigenvalue weighted by atomic mass is 9.89. The van der Waals surface area contributed by atoms with Gasteiger partial charge in [-0.2, -0.15) is 4.98 Å². The van der Waals surface area contributed by atoms with Gasteiger partial charge in [-0.1, -0.05) is 23.8 Å². The molecular weight excluding hydrogens is 470 g/mol. The second-order valence-corrected chi connectivity index (χ2v) is 9.54. The Balaban J connectivity index is 1.43. The number of benzene rings is 1. The molecule has 4 atom stereocenters. The summed E-state index contributed by atoms with van der Waals surface area (Å²) >= 11 is 6.38. The normalized spacial score (nSPS) is 24.8. The number of carbonyl (C=O) groups excluding carboxylic acids is 1. The Morgan fingerprint density at radius 1 is 1.29 bits per heavy atom. The van der Waals surface area contributed by atoms with Crippen molar-refractivity contribution in [2.45, 2.75) is 38.6 Å². The summed E-state index contributed by atoms with van der Waals surface area (Å²) in [5.41, 5.74) is 2.51. The Morgan fingerprint density at radius 2 is 2.09 bits per heavy atom. The number of anilines is 4. The number of hydrogen-bond donors (Lipinski definition) is 3. The molecule has 4 unspecified atom stereocenters. The van der Waals surface area contributed by atoms with Crippen LogP contribution in [-0.2, 0) is 16.0 Å². The van der Waals surface area contributed by atoms with Gasteiger partial charge in [-0.15, -0.1) is 0 Å². The second-order valence-electron chi connectivity index (χ2n) is 9.13. The SMILES string of the molecule is CCN1C(=O)CCCc2c1ccc(Nc1ncc(Cl)c(NC3C4C=CC(C4)C3C(=O)O)n1)c2OC. The van der Waals surface area contributed by atoms with E-state index in [0.717, 1.165) is 30.5 Å². The summed E-state index contributed by atoms with van der Waals surface area (Å²) in [7, 11) is 1.61. The summed E-state index contributed by atoms with van der Waals surface area (Å²) in [6.45, 7) is 2.55. The van der Waals surface area contributed by atoms with E-state index in [1.54, 1.807) is 12.0 Å². The van der Waals surface area contributed by atoms with Crippen molar-refractivity contribution in [3.05, 3.63) is 41.1 Å². The van der Waals surface area contributed by atoms with Crippen molar-refractivity contribution in [1.82, 2.24) is 9.97 Å². The van der Waals surface area contributed by atoms with Crippen LogP contribution in [-0.4, -0.2) is 46.6 Å². The zero-order valence-electron chi connectivity index (χ0n) is 19.6. The van der Waals surface area contributed by atoms with E-state index in [-0.39, 0.29) is 23.8 Å². The number of carboxylic acids is 1. The van der Waals surface area contributed by atoms with Gasteiger partial charge in [0.15, 0.2) is 5.82 Å². The maximum Gasteiger partial charge on any atom is 0.309 e. The Morgan fingerprint density at radius 3 is 2.83 bits per heavy atom. The van der Waals surface area contributed by atoms with Crippen molar-refractivity contribution >= 4 is 46.6 Å². The van der Waals surface area contributed by atoms with E-state index in [0.29, 0.717) is 41.2 Å². The number of allylic oxidation sites excluding steroid dienone is 1. The van der Waals surface area contributed by atoms with E-state index in [9.17, 15) is 14.7 Å². The number of rotatable bonds is 7. The minimum atomic E-state index is -0.822. The van der Waals surface area contributed by atoms with Crippen LogP contribution < -0.4 is 20.3 Å². The van der Waals surface area contributed by atoms with Gasteiger partial charge in [-0.25, -0.2) is 4.98 Å². The fourth-order valence-electron chi connectivity index (χ4n) is 5.64. The van der Waals surface area contributed by atoms with Crippen LogP contribution in [0.4, 0.5) is 23.1 Å². The standard InChI is InChI=1S/C25H28ClN5O4/c1-3-31-18-10-9-17(22(35-2)15(18)5-4-6-19(31)32)28-25-27-12-16(26)23(30-25)29-21-14-8-7-13(11-14)20(21)24(33)34/h7-10,12-14,20-21H,3-6,11H2,1-2H3,(H,33,34)(H2,27,28,29,30). The van der Waals surface area contributed by atoms with Crippen molar-refractivity contribution in [3.63, 3.8) is 0 Å². The van der Waals surface area contributed by atoms with Crippen molar-refractivity contribution < 1.29 is 19.4 Å². The molecule has 2 bridgehead atoms. The maximum absolute atomic E-state index is 12.5. The number of aliphatic carboxylic acids is 1. The predicted molar refractivity (Wildman–Crippen MR) is 134 cm³/mol. The molecule has 1 aliphatic heterocycles. The van der Waals surface area contributed by atoms with Gasteiger partial charge in [0.05, 0.1) is 30.6 Å². The molecule has 0 saturated heterocycles. The molecule has 1 amide bonds. The Labute approximate surface area is 208 Å². The van der Waals surface area contributed by atoms with E-state index >= 15 is 0 Å². The van der Waals surface area contributed by atoms with Crippen LogP contribution in [0.5, 0.6) is 5.75 Å². The first-order valence-corrected chi connectivity index (χ1v) is 12.3. The molecule has 2 aliphatic carbocycles. The molecule has 35 heavy (non-hydrogen) atoms. The molecule has 5 rings (SSSR count). The highest BCUT2D eigenvalue weighted by atomic mass is 35.5. The smallest absolute Gasteiger partial charge is 0.309 e. The number of hydrogen-bond acceptors (Lipinski definition) is 7. The highest BCUT2D eigenvalue weighted by Gasteiger charge is 2.48. The largest absolute Gasteiger partial charge is 0.494 e. The summed E-state index contributed by atoms with van der Waals surface area (Å²) in [6.07, 6.45) is 8.33. The molecule has 0 spiro atoms. The Hall–Kier alpha value is -3.33. The molecule has 2 heterocycles. The van der Waals surface area contributed by atoms with Gasteiger partial charge in [-0.3, -0.25) is 9.59 Å². The zero-order chi connectivity index (χ0) is 24.7. The predicted octanol–water partition coefficient (Wildman–Crippen LogP) is 4.26. The number of halogens is 1. The molecule has 1 saturated carbocycles. The van der Waals surface area contributed by atoms with Crippen molar-refractivity contribution in [1.29, 1.82) is 0 Å². The average molecular weight is 498 g/mol. The number of methoxy groups -OCH3 is 1. The van der Waals surface area contributed by atoms with Gasteiger partial charge < -0.3 is 25.4 Å². The van der Waals surface area contributed by atoms with Gasteiger partial charge in [0.25, 0.3) is 0 Å². The number of nitrogens with zero attached hydrogens (tertiary/aromatic N) is 3. The van der Waals surface area contributed by atoms with E-state index < -0.39 is 11.9 Å². The zero-order valence-corrected chi connectivity index (χ0v) is 20.4. The van der Waals surface area contributed by atoms with Crippen molar-refractivity contribution in [3.8, 4) is 5.75 Å². The topological polar surface area (TPSA) is 117 Å². The van der Waals surface area contributed by atoms with Crippen LogP contribution in [0.3, 0.4) is 0 Å². The monoisotopic (exact) mass is 497 g/mol. The van der Waals surface area contributed by atoms with Crippen LogP contribution in [0.25, 0.3) is 0 Å². The van der Waals surface area contributed by atoms with Crippen LogP contribution in [0, 0.1) is 17.8 Å². The number of ether oxygens (including phenoxy) is 1. The average Bonchev–Trinajstić information content (AvgIpc) is 3.40. The van der Waals surface area contributed by atoms with Gasteiger partial charge in [-0.05, 0) is 50.2 Å². The highest BCUT2D eigenvalue weighted by Crippen LogP contribution is 2.45. The van der Waals surface area contributed by atoms with Gasteiger partial charge in [0.2, 0.25) is 11.9 Å². The molecular formula is C25H28ClN5O4. The summed E-state index contributed by atoms with van der Waals surface area (Å²) in [5.74, 6) is 0.243. The lowest BCUT2D eigenvalue weighted by Gasteiger charge is -2.27. The van der Waals surface area contributed by atoms with Crippen molar-refractivity contribution in [2.75, 3.05) is 29.2 Å². The third-order valence-corrected chi connectivity index (χ3v) is 7.48. The number of aromatic nitrogens is 2. The summed E-state index contributed by atoms with van der Waals surface area (Å²) in [6, 6.07) is 3.48. The molecule has 9 nitrogen and oxygen atoms in total. The molecule has 1 aromatic carbocycles. The molecule has 2 aromatic rings. The lowest BCUT2D eigenvalue weighted by molar-refractivity contribution is -0.142. The lowest BCUT2D eigenvalue weighted by Crippen LogP contribution is -2.38. The quantitative estimate of drug-likeness (QED) is 0.486. The van der Waals surface area contributed by atoms with E-state index in [4.69, 9.17) is 16.3 Å². The number of fused-ring (bicyclic) bond motifs is 3. The number of carboxylic acid groups (broad SMARTS) is 1. The molecule has 184 valence electrons. The molecule has 3 aliphatic rings. The minimum absolute atomic E-state index is 0.0200. The van der Waals surface area contributed by atoms with Crippen LogP contribution in [0.2, 0.25) is 5.02 Å². The fourth-order valence-corrected chi connectivity index (χ4v) is 5.78. The van der Waals surface area contributed by atoms with E-state index in [2.05, 4.69) is 26.7 Å². The summed E-state index contributed by atoms with van der Waals surface area (Å²) in [5, 5.41) is 16.5. The van der Waals surface area contributed by atoms with Gasteiger partial charge in [0.1, 0.15) is 10.8 Å². The second kappa shape index (κ2) is 9.37. The van der Waals surface area contributed by atoms with Crippen molar-refractivity contribution in [2.24, 2.45) is 17.8 Å². The van der Waals surface area contributed by atoms with Gasteiger partial charge in [0, 0.05) is 24.6 Å². The maximum atomic E-state index is 12.5. The first-order chi connectivity index (χ1) is 16.9. The molecule has 3 N–H and O–H groups in total.